The van der Waals surface area contributed by atoms with Gasteiger partial charge in [-0.25, -0.2) is 9.18 Å². The first-order valence-corrected chi connectivity index (χ1v) is 9.77. The van der Waals surface area contributed by atoms with Crippen LogP contribution in [0.1, 0.15) is 43.1 Å². The molecule has 1 N–H and O–H groups in total. The van der Waals surface area contributed by atoms with Gasteiger partial charge >= 0.3 is 5.97 Å². The molecular formula is C23H24FN3O3. The number of anilines is 2. The minimum atomic E-state index is -0.519. The molecule has 1 heterocycles. The predicted octanol–water partition coefficient (Wildman–Crippen LogP) is 5.30. The van der Waals surface area contributed by atoms with Crippen molar-refractivity contribution in [3.63, 3.8) is 0 Å². The molecule has 0 saturated heterocycles. The summed E-state index contributed by atoms with van der Waals surface area (Å²) >= 11 is 0. The lowest BCUT2D eigenvalue weighted by Gasteiger charge is -2.29. The number of nitrogens with zero attached hydrogens (tertiary/aromatic N) is 2. The summed E-state index contributed by atoms with van der Waals surface area (Å²) in [6.45, 7) is 6.26. The number of carbonyl (C=O) groups excluding carboxylic acids is 1. The topological polar surface area (TPSA) is 78.4 Å². The highest BCUT2D eigenvalue weighted by molar-refractivity contribution is 6.10. The molecule has 0 spiro atoms. The summed E-state index contributed by atoms with van der Waals surface area (Å²) in [5, 5.41) is 9.83. The highest BCUT2D eigenvalue weighted by Gasteiger charge is 2.26. The number of benzene rings is 2. The van der Waals surface area contributed by atoms with Crippen molar-refractivity contribution in [3.05, 3.63) is 53.3 Å². The number of nitrogens with one attached hydrogen (secondary N) is 1. The Balaban J connectivity index is 2.18. The molecule has 2 aromatic carbocycles. The average Bonchev–Trinajstić information content (AvgIpc) is 3.10. The number of ether oxygens (including phenoxy) is 2. The number of hydrogen-bond donors (Lipinski definition) is 1. The third-order valence-electron chi connectivity index (χ3n) is 4.71. The first-order valence-electron chi connectivity index (χ1n) is 9.77. The van der Waals surface area contributed by atoms with Gasteiger partial charge in [0, 0.05) is 28.7 Å². The van der Waals surface area contributed by atoms with Gasteiger partial charge in [0.25, 0.3) is 0 Å². The zero-order chi connectivity index (χ0) is 21.8. The fourth-order valence-corrected chi connectivity index (χ4v) is 3.40. The lowest BCUT2D eigenvalue weighted by molar-refractivity contribution is 0.0604. The molecule has 0 aliphatic carbocycles. The van der Waals surface area contributed by atoms with E-state index >= 15 is 0 Å². The standard InChI is InChI=1S/C23H24FN3O3/c1-5-10-30-20-9-7-16(12-18(20)24)27(14(2)3)22-21(23(28)29-4)17-8-6-15(13-25)11-19(17)26-22/h6-9,11-12,14,26H,5,10H2,1-4H3. The molecule has 0 amide bonds. The van der Waals surface area contributed by atoms with Crippen LogP contribution in [-0.2, 0) is 4.74 Å². The van der Waals surface area contributed by atoms with Crippen molar-refractivity contribution in [2.45, 2.75) is 33.2 Å². The Morgan fingerprint density at radius 2 is 2.03 bits per heavy atom. The smallest absolute Gasteiger partial charge is 0.342 e. The van der Waals surface area contributed by atoms with Gasteiger partial charge < -0.3 is 19.4 Å². The van der Waals surface area contributed by atoms with Gasteiger partial charge in [0.15, 0.2) is 11.6 Å². The second-order valence-corrected chi connectivity index (χ2v) is 7.14. The van der Waals surface area contributed by atoms with E-state index in [-0.39, 0.29) is 11.8 Å². The number of esters is 1. The van der Waals surface area contributed by atoms with Gasteiger partial charge in [-0.2, -0.15) is 5.26 Å². The quantitative estimate of drug-likeness (QED) is 0.536. The van der Waals surface area contributed by atoms with Gasteiger partial charge in [-0.1, -0.05) is 13.0 Å². The van der Waals surface area contributed by atoms with Crippen molar-refractivity contribution in [1.82, 2.24) is 4.98 Å². The van der Waals surface area contributed by atoms with E-state index in [9.17, 15) is 14.4 Å². The fourth-order valence-electron chi connectivity index (χ4n) is 3.40. The monoisotopic (exact) mass is 409 g/mol. The molecular weight excluding hydrogens is 385 g/mol. The molecule has 30 heavy (non-hydrogen) atoms. The summed E-state index contributed by atoms with van der Waals surface area (Å²) in [5.41, 5.74) is 1.98. The SMILES string of the molecule is CCCOc1ccc(N(c2[nH]c3cc(C#N)ccc3c2C(=O)OC)C(C)C)cc1F. The number of fused-ring (bicyclic) bond motifs is 1. The highest BCUT2D eigenvalue weighted by atomic mass is 19.1. The fraction of sp³-hybridized carbons (Fsp3) is 0.304. The van der Waals surface area contributed by atoms with E-state index in [0.29, 0.717) is 40.1 Å². The van der Waals surface area contributed by atoms with E-state index in [1.54, 1.807) is 30.3 Å². The molecule has 0 saturated carbocycles. The average molecular weight is 409 g/mol. The molecule has 3 aromatic rings. The Hall–Kier alpha value is -3.53. The Kier molecular flexibility index (Phi) is 6.26. The Morgan fingerprint density at radius 3 is 2.63 bits per heavy atom. The van der Waals surface area contributed by atoms with Crippen molar-refractivity contribution in [3.8, 4) is 11.8 Å². The number of aromatic nitrogens is 1. The van der Waals surface area contributed by atoms with Gasteiger partial charge in [0.05, 0.1) is 25.3 Å². The van der Waals surface area contributed by atoms with Crippen LogP contribution in [0.3, 0.4) is 0 Å². The van der Waals surface area contributed by atoms with Crippen LogP contribution in [0.4, 0.5) is 15.9 Å². The van der Waals surface area contributed by atoms with Crippen LogP contribution in [0.2, 0.25) is 0 Å². The van der Waals surface area contributed by atoms with Crippen molar-refractivity contribution < 1.29 is 18.7 Å². The van der Waals surface area contributed by atoms with Gasteiger partial charge in [0.2, 0.25) is 0 Å². The van der Waals surface area contributed by atoms with E-state index in [4.69, 9.17) is 9.47 Å². The third kappa shape index (κ3) is 3.94. The summed E-state index contributed by atoms with van der Waals surface area (Å²) in [5.74, 6) is -0.333. The number of carbonyl (C=O) groups is 1. The number of aromatic amines is 1. The van der Waals surface area contributed by atoms with Gasteiger partial charge in [-0.3, -0.25) is 0 Å². The molecule has 0 bridgehead atoms. The summed E-state index contributed by atoms with van der Waals surface area (Å²) < 4.78 is 25.1. The normalized spacial score (nSPS) is 10.8. The van der Waals surface area contributed by atoms with E-state index < -0.39 is 11.8 Å². The van der Waals surface area contributed by atoms with Crippen molar-refractivity contribution in [2.24, 2.45) is 0 Å². The summed E-state index contributed by atoms with van der Waals surface area (Å²) in [6, 6.07) is 11.7. The largest absolute Gasteiger partial charge is 0.491 e. The van der Waals surface area contributed by atoms with Crippen molar-refractivity contribution in [2.75, 3.05) is 18.6 Å². The van der Waals surface area contributed by atoms with E-state index in [0.717, 1.165) is 6.42 Å². The van der Waals surface area contributed by atoms with Crippen molar-refractivity contribution >= 4 is 28.4 Å². The van der Waals surface area contributed by atoms with Crippen LogP contribution >= 0.6 is 0 Å². The number of halogens is 1. The number of methoxy groups -OCH3 is 1. The summed E-state index contributed by atoms with van der Waals surface area (Å²) in [6.07, 6.45) is 0.779. The third-order valence-corrected chi connectivity index (χ3v) is 4.71. The molecule has 7 heteroatoms. The molecule has 3 rings (SSSR count). The minimum Gasteiger partial charge on any atom is -0.491 e. The predicted molar refractivity (Wildman–Crippen MR) is 114 cm³/mol. The van der Waals surface area contributed by atoms with Crippen LogP contribution in [0.15, 0.2) is 36.4 Å². The first-order chi connectivity index (χ1) is 14.4. The summed E-state index contributed by atoms with van der Waals surface area (Å²) in [4.78, 5) is 17.7. The number of rotatable bonds is 7. The van der Waals surface area contributed by atoms with Gasteiger partial charge in [-0.05, 0) is 44.5 Å². The number of hydrogen-bond acceptors (Lipinski definition) is 5. The van der Waals surface area contributed by atoms with Crippen LogP contribution in [0.25, 0.3) is 10.9 Å². The molecule has 0 fully saturated rings. The second-order valence-electron chi connectivity index (χ2n) is 7.14. The van der Waals surface area contributed by atoms with Gasteiger partial charge in [0.1, 0.15) is 11.4 Å². The molecule has 1 aromatic heterocycles. The molecule has 0 unspecified atom stereocenters. The Morgan fingerprint density at radius 1 is 1.27 bits per heavy atom. The minimum absolute atomic E-state index is 0.112. The summed E-state index contributed by atoms with van der Waals surface area (Å²) in [7, 11) is 1.31. The maximum absolute atomic E-state index is 14.7. The first kappa shape index (κ1) is 21.2. The lowest BCUT2D eigenvalue weighted by atomic mass is 10.1. The van der Waals surface area contributed by atoms with Crippen LogP contribution in [-0.4, -0.2) is 30.7 Å². The molecule has 0 aliphatic heterocycles. The van der Waals surface area contributed by atoms with Crippen molar-refractivity contribution in [1.29, 1.82) is 5.26 Å². The number of nitriles is 1. The zero-order valence-corrected chi connectivity index (χ0v) is 17.5. The Labute approximate surface area is 174 Å². The van der Waals surface area contributed by atoms with Crippen LogP contribution in [0.5, 0.6) is 5.75 Å². The maximum atomic E-state index is 14.7. The zero-order valence-electron chi connectivity index (χ0n) is 17.5. The number of H-pyrrole nitrogens is 1. The Bertz CT molecular complexity index is 1110. The van der Waals surface area contributed by atoms with Crippen LogP contribution in [0, 0.1) is 17.1 Å². The maximum Gasteiger partial charge on any atom is 0.342 e. The van der Waals surface area contributed by atoms with Gasteiger partial charge in [-0.15, -0.1) is 0 Å². The highest BCUT2D eigenvalue weighted by Crippen LogP contribution is 2.37. The molecule has 156 valence electrons. The second kappa shape index (κ2) is 8.87. The molecule has 6 nitrogen and oxygen atoms in total. The molecule has 0 atom stereocenters. The van der Waals surface area contributed by atoms with E-state index in [1.807, 2.05) is 25.7 Å². The molecule has 0 radical (unpaired) electrons. The lowest BCUT2D eigenvalue weighted by Crippen LogP contribution is -2.27. The van der Waals surface area contributed by atoms with E-state index in [1.165, 1.54) is 13.2 Å². The van der Waals surface area contributed by atoms with Crippen LogP contribution < -0.4 is 9.64 Å². The molecule has 0 aliphatic rings. The van der Waals surface area contributed by atoms with E-state index in [2.05, 4.69) is 11.1 Å².